The molecular weight excluding hydrogens is 445 g/mol. The zero-order valence-corrected chi connectivity index (χ0v) is 20.3. The van der Waals surface area contributed by atoms with E-state index in [9.17, 15) is 0 Å². The highest BCUT2D eigenvalue weighted by molar-refractivity contribution is 9.10. The van der Waals surface area contributed by atoms with Gasteiger partial charge in [-0.2, -0.15) is 0 Å². The second-order valence-electron chi connectivity index (χ2n) is 8.40. The molecule has 2 aliphatic heterocycles. The third-order valence-corrected chi connectivity index (χ3v) is 7.89. The molecule has 3 heterocycles. The molecule has 0 amide bonds. The normalized spacial score (nSPS) is 17.8. The summed E-state index contributed by atoms with van der Waals surface area (Å²) in [6, 6.07) is 6.05. The molecule has 2 aliphatic rings. The number of fused-ring (bicyclic) bond motifs is 2. The molecule has 0 radical (unpaired) electrons. The molecule has 0 fully saturated rings. The second-order valence-corrected chi connectivity index (χ2v) is 9.25. The maximum atomic E-state index is 16.2. The first-order chi connectivity index (χ1) is 14.1. The summed E-state index contributed by atoms with van der Waals surface area (Å²) in [5.74, 6) is 0. The fourth-order valence-corrected chi connectivity index (χ4v) is 5.98. The summed E-state index contributed by atoms with van der Waals surface area (Å²) in [7, 11) is 0. The van der Waals surface area contributed by atoms with E-state index in [-0.39, 0.29) is 0 Å². The molecule has 158 valence electrons. The van der Waals surface area contributed by atoms with Crippen molar-refractivity contribution >= 4 is 34.2 Å². The third kappa shape index (κ3) is 2.55. The standard InChI is InChI=1S/C24H28BBrF2N2/c1-8-18-14(4)23-22(20-11-10-12-21(26)13(20)3)24-15(5)19(9-2)17(7)30(24)25(27,28)29(23)16(18)6/h10-12H,8-9H2,1-7H3. The molecule has 6 heteroatoms. The van der Waals surface area contributed by atoms with Crippen molar-refractivity contribution in [3.63, 3.8) is 0 Å². The van der Waals surface area contributed by atoms with Crippen molar-refractivity contribution in [2.45, 2.75) is 61.3 Å². The number of benzene rings is 1. The van der Waals surface area contributed by atoms with Gasteiger partial charge < -0.3 is 17.6 Å². The van der Waals surface area contributed by atoms with Crippen LogP contribution in [0.1, 0.15) is 67.8 Å². The Bertz CT molecular complexity index is 1200. The highest BCUT2D eigenvalue weighted by Gasteiger charge is 2.56. The summed E-state index contributed by atoms with van der Waals surface area (Å²) < 4.78 is 36.1. The van der Waals surface area contributed by atoms with Gasteiger partial charge in [-0.15, -0.1) is 0 Å². The van der Waals surface area contributed by atoms with E-state index < -0.39 is 6.97 Å². The fraction of sp³-hybridized carbons (Fsp3) is 0.375. The lowest BCUT2D eigenvalue weighted by molar-refractivity contribution is -0.363. The monoisotopic (exact) mass is 472 g/mol. The molecule has 0 spiro atoms. The topological polar surface area (TPSA) is 7.94 Å². The molecule has 1 aromatic carbocycles. The van der Waals surface area contributed by atoms with Crippen molar-refractivity contribution in [1.29, 1.82) is 0 Å². The molecule has 0 saturated carbocycles. The van der Waals surface area contributed by atoms with Gasteiger partial charge in [0.1, 0.15) is 5.71 Å². The van der Waals surface area contributed by atoms with Crippen LogP contribution in [0.3, 0.4) is 0 Å². The molecule has 2 aromatic rings. The van der Waals surface area contributed by atoms with Gasteiger partial charge in [0, 0.05) is 28.2 Å². The van der Waals surface area contributed by atoms with Crippen molar-refractivity contribution in [3.8, 4) is 0 Å². The summed E-state index contributed by atoms with van der Waals surface area (Å²) in [6.07, 6.45) is 1.48. The van der Waals surface area contributed by atoms with Crippen LogP contribution >= 0.6 is 15.9 Å². The van der Waals surface area contributed by atoms with Gasteiger partial charge in [-0.1, -0.05) is 41.9 Å². The number of rotatable bonds is 3. The Morgan fingerprint density at radius 1 is 1.00 bits per heavy atom. The number of allylic oxidation sites excluding steroid dienone is 2. The first kappa shape index (κ1) is 21.3. The molecule has 0 saturated heterocycles. The number of hydrogen-bond donors (Lipinski definition) is 0. The highest BCUT2D eigenvalue weighted by atomic mass is 79.9. The lowest BCUT2D eigenvalue weighted by Crippen LogP contribution is -2.51. The lowest BCUT2D eigenvalue weighted by Gasteiger charge is -2.34. The molecule has 0 atom stereocenters. The molecule has 0 bridgehead atoms. The third-order valence-electron chi connectivity index (χ3n) is 7.03. The molecule has 30 heavy (non-hydrogen) atoms. The molecular formula is C24H28BBrF2N2. The summed E-state index contributed by atoms with van der Waals surface area (Å²) in [4.78, 5) is 0. The van der Waals surface area contributed by atoms with Crippen LogP contribution in [0.4, 0.5) is 8.63 Å². The van der Waals surface area contributed by atoms with Gasteiger partial charge in [-0.25, -0.2) is 0 Å². The van der Waals surface area contributed by atoms with Crippen LogP contribution in [0, 0.1) is 20.8 Å². The summed E-state index contributed by atoms with van der Waals surface area (Å²) in [5.41, 5.74) is 9.66. The van der Waals surface area contributed by atoms with E-state index in [1.54, 1.807) is 0 Å². The summed E-state index contributed by atoms with van der Waals surface area (Å²) in [5, 5.41) is 0. The molecule has 2 nitrogen and oxygen atoms in total. The van der Waals surface area contributed by atoms with Crippen LogP contribution in [0.2, 0.25) is 0 Å². The maximum absolute atomic E-state index is 16.2. The SMILES string of the molecule is CCC1=C(C)C2=C(c3cccc(Br)c3C)c3c(C)c(CC)c(C)n3[B-](F)(F)[N+]2=C1C. The Morgan fingerprint density at radius 2 is 1.67 bits per heavy atom. The van der Waals surface area contributed by atoms with Gasteiger partial charge in [-0.3, -0.25) is 0 Å². The van der Waals surface area contributed by atoms with E-state index in [2.05, 4.69) is 28.9 Å². The largest absolute Gasteiger partial charge is 0.737 e. The van der Waals surface area contributed by atoms with Crippen molar-refractivity contribution < 1.29 is 13.1 Å². The number of nitrogens with zero attached hydrogens (tertiary/aromatic N) is 2. The van der Waals surface area contributed by atoms with Crippen molar-refractivity contribution in [3.05, 3.63) is 73.2 Å². The van der Waals surface area contributed by atoms with Gasteiger partial charge in [0.05, 0.1) is 5.57 Å². The first-order valence-corrected chi connectivity index (χ1v) is 11.4. The fourth-order valence-electron chi connectivity index (χ4n) is 5.61. The predicted octanol–water partition coefficient (Wildman–Crippen LogP) is 6.95. The number of hydrogen-bond acceptors (Lipinski definition) is 0. The summed E-state index contributed by atoms with van der Waals surface area (Å²) >= 11 is 3.65. The van der Waals surface area contributed by atoms with E-state index >= 15 is 8.63 Å². The quantitative estimate of drug-likeness (QED) is 0.427. The minimum absolute atomic E-state index is 0.673. The molecule has 0 aliphatic carbocycles. The minimum atomic E-state index is -3.98. The zero-order valence-electron chi connectivity index (χ0n) is 18.8. The van der Waals surface area contributed by atoms with Crippen LogP contribution in [-0.4, -0.2) is 21.6 Å². The minimum Gasteiger partial charge on any atom is -0.393 e. The van der Waals surface area contributed by atoms with Crippen LogP contribution in [0.5, 0.6) is 0 Å². The van der Waals surface area contributed by atoms with Crippen molar-refractivity contribution in [2.24, 2.45) is 0 Å². The highest BCUT2D eigenvalue weighted by Crippen LogP contribution is 2.48. The van der Waals surface area contributed by atoms with Crippen LogP contribution in [0.25, 0.3) is 5.57 Å². The molecule has 1 aromatic heterocycles. The lowest BCUT2D eigenvalue weighted by atomic mass is 9.82. The average molecular weight is 473 g/mol. The smallest absolute Gasteiger partial charge is 0.393 e. The van der Waals surface area contributed by atoms with E-state index in [1.807, 2.05) is 53.7 Å². The van der Waals surface area contributed by atoms with E-state index in [0.29, 0.717) is 22.8 Å². The van der Waals surface area contributed by atoms with Crippen LogP contribution < -0.4 is 0 Å². The Balaban J connectivity index is 2.27. The van der Waals surface area contributed by atoms with E-state index in [4.69, 9.17) is 0 Å². The Kier molecular flexibility index (Phi) is 5.00. The predicted molar refractivity (Wildman–Crippen MR) is 125 cm³/mol. The average Bonchev–Trinajstić information content (AvgIpc) is 3.10. The van der Waals surface area contributed by atoms with Crippen LogP contribution in [-0.2, 0) is 6.42 Å². The van der Waals surface area contributed by atoms with E-state index in [1.165, 1.54) is 8.96 Å². The van der Waals surface area contributed by atoms with Gasteiger partial charge in [0.25, 0.3) is 0 Å². The first-order valence-electron chi connectivity index (χ1n) is 10.7. The van der Waals surface area contributed by atoms with Crippen molar-refractivity contribution in [1.82, 2.24) is 4.48 Å². The molecule has 0 N–H and O–H groups in total. The van der Waals surface area contributed by atoms with Gasteiger partial charge in [-0.05, 0) is 74.6 Å². The van der Waals surface area contributed by atoms with Gasteiger partial charge in [0.15, 0.2) is 5.70 Å². The van der Waals surface area contributed by atoms with E-state index in [0.717, 1.165) is 56.3 Å². The number of halogens is 3. The van der Waals surface area contributed by atoms with Crippen molar-refractivity contribution in [2.75, 3.05) is 0 Å². The molecule has 4 rings (SSSR count). The van der Waals surface area contributed by atoms with Crippen LogP contribution in [0.15, 0.2) is 39.5 Å². The van der Waals surface area contributed by atoms with Gasteiger partial charge >= 0.3 is 6.97 Å². The Hall–Kier alpha value is -1.95. The Labute approximate surface area is 186 Å². The zero-order chi connectivity index (χ0) is 22.1. The maximum Gasteiger partial charge on any atom is 0.737 e. The number of aromatic nitrogens is 1. The summed E-state index contributed by atoms with van der Waals surface area (Å²) in [6.45, 7) is 9.84. The van der Waals surface area contributed by atoms with Gasteiger partial charge in [0.2, 0.25) is 0 Å². The molecule has 0 unspecified atom stereocenters. The second kappa shape index (κ2) is 7.05. The Morgan fingerprint density at radius 3 is 2.27 bits per heavy atom.